The summed E-state index contributed by atoms with van der Waals surface area (Å²) >= 11 is 0. The Morgan fingerprint density at radius 3 is 3.00 bits per heavy atom. The first-order valence-corrected chi connectivity index (χ1v) is 7.18. The number of rotatable bonds is 4. The van der Waals surface area contributed by atoms with Gasteiger partial charge in [0, 0.05) is 12.5 Å². The van der Waals surface area contributed by atoms with Crippen molar-refractivity contribution in [3.63, 3.8) is 0 Å². The number of carbonyl (C=O) groups excluding carboxylic acids is 1. The monoisotopic (exact) mass is 288 g/mol. The Morgan fingerprint density at radius 2 is 2.24 bits per heavy atom. The first-order chi connectivity index (χ1) is 10.2. The molecule has 2 heterocycles. The molecule has 1 aromatic heterocycles. The van der Waals surface area contributed by atoms with Crippen molar-refractivity contribution in [2.75, 3.05) is 32.1 Å². The van der Waals surface area contributed by atoms with E-state index in [9.17, 15) is 4.79 Å². The third kappa shape index (κ3) is 2.64. The van der Waals surface area contributed by atoms with Crippen LogP contribution in [0.3, 0.4) is 0 Å². The number of aromatic amines is 1. The topological polar surface area (TPSA) is 79.0 Å². The molecule has 1 aromatic carbocycles. The maximum absolute atomic E-state index is 12.8. The first kappa shape index (κ1) is 14.0. The van der Waals surface area contributed by atoms with Gasteiger partial charge in [-0.25, -0.2) is 0 Å². The van der Waals surface area contributed by atoms with Crippen LogP contribution in [0, 0.1) is 5.41 Å². The molecular weight excluding hydrogens is 268 g/mol. The Labute approximate surface area is 123 Å². The lowest BCUT2D eigenvalue weighted by molar-refractivity contribution is -0.130. The minimum Gasteiger partial charge on any atom is -0.384 e. The van der Waals surface area contributed by atoms with Crippen molar-refractivity contribution in [2.24, 2.45) is 5.41 Å². The molecule has 1 fully saturated rings. The van der Waals surface area contributed by atoms with Crippen molar-refractivity contribution in [1.29, 1.82) is 0 Å². The van der Waals surface area contributed by atoms with E-state index in [1.54, 1.807) is 13.3 Å². The second kappa shape index (κ2) is 5.83. The molecule has 6 heteroatoms. The average Bonchev–Trinajstić information content (AvgIpc) is 2.98. The number of amides is 1. The van der Waals surface area contributed by atoms with E-state index in [2.05, 4.69) is 20.8 Å². The minimum absolute atomic E-state index is 0.0274. The molecule has 1 aliphatic heterocycles. The highest BCUT2D eigenvalue weighted by Gasteiger charge is 2.39. The number of nitrogens with one attached hydrogen (secondary N) is 3. The number of H-pyrrole nitrogens is 1. The van der Waals surface area contributed by atoms with E-state index in [0.29, 0.717) is 6.61 Å². The van der Waals surface area contributed by atoms with E-state index in [4.69, 9.17) is 4.74 Å². The van der Waals surface area contributed by atoms with Crippen LogP contribution in [0.5, 0.6) is 0 Å². The molecule has 6 nitrogen and oxygen atoms in total. The van der Waals surface area contributed by atoms with Gasteiger partial charge in [-0.05, 0) is 38.1 Å². The lowest BCUT2D eigenvalue weighted by Crippen LogP contribution is -2.47. The van der Waals surface area contributed by atoms with Gasteiger partial charge in [-0.3, -0.25) is 9.89 Å². The molecule has 1 saturated heterocycles. The molecular formula is C15H20N4O2. The summed E-state index contributed by atoms with van der Waals surface area (Å²) in [6, 6.07) is 5.74. The number of methoxy groups -OCH3 is 1. The molecule has 1 amide bonds. The summed E-state index contributed by atoms with van der Waals surface area (Å²) < 4.78 is 5.31. The number of hydrogen-bond acceptors (Lipinski definition) is 4. The van der Waals surface area contributed by atoms with Gasteiger partial charge in [-0.1, -0.05) is 6.07 Å². The van der Waals surface area contributed by atoms with Gasteiger partial charge in [0.25, 0.3) is 0 Å². The number of aromatic nitrogens is 2. The van der Waals surface area contributed by atoms with Gasteiger partial charge >= 0.3 is 0 Å². The SMILES string of the molecule is COCC1(C(=O)Nc2cccc3[nH]ncc23)CCNCC1. The Balaban J connectivity index is 1.85. The molecule has 1 aliphatic rings. The maximum Gasteiger partial charge on any atom is 0.233 e. The predicted octanol–water partition coefficient (Wildman–Crippen LogP) is 1.52. The summed E-state index contributed by atoms with van der Waals surface area (Å²) in [4.78, 5) is 12.8. The van der Waals surface area contributed by atoms with E-state index in [1.807, 2.05) is 18.2 Å². The highest BCUT2D eigenvalue weighted by Crippen LogP contribution is 2.32. The molecule has 3 rings (SSSR count). The molecule has 3 N–H and O–H groups in total. The third-order valence-electron chi connectivity index (χ3n) is 4.20. The summed E-state index contributed by atoms with van der Waals surface area (Å²) in [7, 11) is 1.65. The molecule has 0 aliphatic carbocycles. The van der Waals surface area contributed by atoms with Crippen molar-refractivity contribution < 1.29 is 9.53 Å². The van der Waals surface area contributed by atoms with E-state index in [0.717, 1.165) is 42.5 Å². The first-order valence-electron chi connectivity index (χ1n) is 7.18. The Kier molecular flexibility index (Phi) is 3.90. The summed E-state index contributed by atoms with van der Waals surface area (Å²) in [5.41, 5.74) is 1.26. The number of fused-ring (bicyclic) bond motifs is 1. The molecule has 112 valence electrons. The van der Waals surface area contributed by atoms with Crippen molar-refractivity contribution in [3.05, 3.63) is 24.4 Å². The summed E-state index contributed by atoms with van der Waals surface area (Å²) in [5.74, 6) is 0.0274. The van der Waals surface area contributed by atoms with Crippen molar-refractivity contribution in [2.45, 2.75) is 12.8 Å². The molecule has 2 aromatic rings. The zero-order chi connectivity index (χ0) is 14.7. The van der Waals surface area contributed by atoms with Gasteiger partial charge in [0.1, 0.15) is 0 Å². The fourth-order valence-electron chi connectivity index (χ4n) is 2.95. The Hall–Kier alpha value is -1.92. The largest absolute Gasteiger partial charge is 0.384 e. The van der Waals surface area contributed by atoms with Crippen LogP contribution in [0.25, 0.3) is 10.9 Å². The highest BCUT2D eigenvalue weighted by atomic mass is 16.5. The zero-order valence-corrected chi connectivity index (χ0v) is 12.1. The Bertz CT molecular complexity index is 626. The van der Waals surface area contributed by atoms with E-state index < -0.39 is 5.41 Å². The van der Waals surface area contributed by atoms with Crippen molar-refractivity contribution in [3.8, 4) is 0 Å². The number of anilines is 1. The van der Waals surface area contributed by atoms with Crippen LogP contribution >= 0.6 is 0 Å². The lowest BCUT2D eigenvalue weighted by Gasteiger charge is -2.35. The standard InChI is InChI=1S/C15H20N4O2/c1-21-10-15(5-7-16-8-6-15)14(20)18-12-3-2-4-13-11(12)9-17-19-13/h2-4,9,16H,5-8,10H2,1H3,(H,17,19)(H,18,20). The second-order valence-electron chi connectivity index (χ2n) is 5.55. The third-order valence-corrected chi connectivity index (χ3v) is 4.20. The molecule has 0 bridgehead atoms. The van der Waals surface area contributed by atoms with Gasteiger partial charge in [-0.2, -0.15) is 5.10 Å². The van der Waals surface area contributed by atoms with Crippen LogP contribution in [0.4, 0.5) is 5.69 Å². The average molecular weight is 288 g/mol. The highest BCUT2D eigenvalue weighted by molar-refractivity contribution is 6.03. The van der Waals surface area contributed by atoms with Gasteiger partial charge in [0.2, 0.25) is 5.91 Å². The molecule has 0 spiro atoms. The molecule has 0 unspecified atom stereocenters. The van der Waals surface area contributed by atoms with Crippen LogP contribution in [0.2, 0.25) is 0 Å². The normalized spacial score (nSPS) is 17.8. The second-order valence-corrected chi connectivity index (χ2v) is 5.55. The van der Waals surface area contributed by atoms with Crippen LogP contribution in [-0.4, -0.2) is 42.9 Å². The molecule has 0 saturated carbocycles. The quantitative estimate of drug-likeness (QED) is 0.797. The van der Waals surface area contributed by atoms with Crippen LogP contribution in [0.15, 0.2) is 24.4 Å². The smallest absolute Gasteiger partial charge is 0.233 e. The lowest BCUT2D eigenvalue weighted by atomic mass is 9.78. The Morgan fingerprint density at radius 1 is 1.43 bits per heavy atom. The van der Waals surface area contributed by atoms with E-state index in [-0.39, 0.29) is 5.91 Å². The fraction of sp³-hybridized carbons (Fsp3) is 0.467. The van der Waals surface area contributed by atoms with Gasteiger partial charge in [-0.15, -0.1) is 0 Å². The summed E-state index contributed by atoms with van der Waals surface area (Å²) in [5, 5.41) is 14.2. The summed E-state index contributed by atoms with van der Waals surface area (Å²) in [6.45, 7) is 2.13. The number of nitrogens with zero attached hydrogens (tertiary/aromatic N) is 1. The number of carbonyl (C=O) groups is 1. The van der Waals surface area contributed by atoms with E-state index in [1.165, 1.54) is 0 Å². The maximum atomic E-state index is 12.8. The van der Waals surface area contributed by atoms with Crippen molar-refractivity contribution in [1.82, 2.24) is 15.5 Å². The predicted molar refractivity (Wildman–Crippen MR) is 81.1 cm³/mol. The summed E-state index contributed by atoms with van der Waals surface area (Å²) in [6.07, 6.45) is 3.30. The van der Waals surface area contributed by atoms with Gasteiger partial charge in [0.05, 0.1) is 29.4 Å². The molecule has 0 radical (unpaired) electrons. The fourth-order valence-corrected chi connectivity index (χ4v) is 2.95. The zero-order valence-electron chi connectivity index (χ0n) is 12.1. The number of hydrogen-bond donors (Lipinski definition) is 3. The van der Waals surface area contributed by atoms with Crippen LogP contribution in [-0.2, 0) is 9.53 Å². The van der Waals surface area contributed by atoms with Gasteiger partial charge in [0.15, 0.2) is 0 Å². The minimum atomic E-state index is -0.452. The number of benzene rings is 1. The van der Waals surface area contributed by atoms with Crippen LogP contribution < -0.4 is 10.6 Å². The van der Waals surface area contributed by atoms with Gasteiger partial charge < -0.3 is 15.4 Å². The molecule has 0 atom stereocenters. The molecule has 21 heavy (non-hydrogen) atoms. The van der Waals surface area contributed by atoms with Crippen molar-refractivity contribution >= 4 is 22.5 Å². The van der Waals surface area contributed by atoms with Crippen LogP contribution in [0.1, 0.15) is 12.8 Å². The number of piperidine rings is 1. The van der Waals surface area contributed by atoms with E-state index >= 15 is 0 Å². The number of ether oxygens (including phenoxy) is 1.